The van der Waals surface area contributed by atoms with Gasteiger partial charge in [0.1, 0.15) is 5.60 Å². The SMILES string of the molecule is CC(C)(C)OC(=O)NCC(CCN)c1ccccc1. The van der Waals surface area contributed by atoms with E-state index in [1.54, 1.807) is 0 Å². The fourth-order valence-corrected chi connectivity index (χ4v) is 1.83. The van der Waals surface area contributed by atoms with Gasteiger partial charge in [0.15, 0.2) is 0 Å². The van der Waals surface area contributed by atoms with Crippen molar-refractivity contribution in [3.05, 3.63) is 35.9 Å². The normalized spacial score (nSPS) is 12.8. The van der Waals surface area contributed by atoms with Gasteiger partial charge in [0.2, 0.25) is 0 Å². The summed E-state index contributed by atoms with van der Waals surface area (Å²) in [6.45, 7) is 6.68. The Hall–Kier alpha value is -1.55. The van der Waals surface area contributed by atoms with Gasteiger partial charge in [-0.2, -0.15) is 0 Å². The van der Waals surface area contributed by atoms with Crippen molar-refractivity contribution in [2.75, 3.05) is 13.1 Å². The van der Waals surface area contributed by atoms with Gasteiger partial charge < -0.3 is 15.8 Å². The molecule has 4 heteroatoms. The van der Waals surface area contributed by atoms with Gasteiger partial charge in [-0.25, -0.2) is 4.79 Å². The molecule has 1 atom stereocenters. The Kier molecular flexibility index (Phi) is 5.83. The van der Waals surface area contributed by atoms with Gasteiger partial charge >= 0.3 is 6.09 Å². The summed E-state index contributed by atoms with van der Waals surface area (Å²) < 4.78 is 5.22. The molecule has 106 valence electrons. The van der Waals surface area contributed by atoms with Gasteiger partial charge in [-0.15, -0.1) is 0 Å². The molecule has 1 aromatic carbocycles. The molecule has 0 heterocycles. The second kappa shape index (κ2) is 7.14. The van der Waals surface area contributed by atoms with E-state index >= 15 is 0 Å². The number of alkyl carbamates (subject to hydrolysis) is 1. The van der Waals surface area contributed by atoms with Gasteiger partial charge in [-0.05, 0) is 39.3 Å². The summed E-state index contributed by atoms with van der Waals surface area (Å²) in [7, 11) is 0. The fourth-order valence-electron chi connectivity index (χ4n) is 1.83. The monoisotopic (exact) mass is 264 g/mol. The Morgan fingerprint density at radius 1 is 1.32 bits per heavy atom. The van der Waals surface area contributed by atoms with Crippen LogP contribution in [0.1, 0.15) is 38.7 Å². The van der Waals surface area contributed by atoms with E-state index in [0.29, 0.717) is 13.1 Å². The molecule has 4 nitrogen and oxygen atoms in total. The molecule has 0 spiro atoms. The number of amides is 1. The topological polar surface area (TPSA) is 64.3 Å². The third-order valence-electron chi connectivity index (χ3n) is 2.68. The summed E-state index contributed by atoms with van der Waals surface area (Å²) in [6, 6.07) is 10.1. The van der Waals surface area contributed by atoms with Crippen LogP contribution < -0.4 is 11.1 Å². The first-order valence-corrected chi connectivity index (χ1v) is 6.64. The van der Waals surface area contributed by atoms with E-state index in [9.17, 15) is 4.79 Å². The molecule has 0 saturated heterocycles. The summed E-state index contributed by atoms with van der Waals surface area (Å²) in [4.78, 5) is 11.6. The first-order valence-electron chi connectivity index (χ1n) is 6.64. The quantitative estimate of drug-likeness (QED) is 0.859. The number of hydrogen-bond acceptors (Lipinski definition) is 3. The summed E-state index contributed by atoms with van der Waals surface area (Å²) >= 11 is 0. The van der Waals surface area contributed by atoms with Gasteiger partial charge in [-0.1, -0.05) is 30.3 Å². The molecule has 1 rings (SSSR count). The van der Waals surface area contributed by atoms with Gasteiger partial charge in [0.05, 0.1) is 0 Å². The maximum atomic E-state index is 11.6. The molecule has 19 heavy (non-hydrogen) atoms. The van der Waals surface area contributed by atoms with Crippen LogP contribution in [-0.4, -0.2) is 24.8 Å². The van der Waals surface area contributed by atoms with Crippen LogP contribution >= 0.6 is 0 Å². The third kappa shape index (κ3) is 6.25. The number of rotatable bonds is 5. The van der Waals surface area contributed by atoms with Crippen LogP contribution in [0.15, 0.2) is 30.3 Å². The number of nitrogens with one attached hydrogen (secondary N) is 1. The number of carbonyl (C=O) groups is 1. The molecule has 0 saturated carbocycles. The van der Waals surface area contributed by atoms with Gasteiger partial charge in [-0.3, -0.25) is 0 Å². The van der Waals surface area contributed by atoms with Crippen molar-refractivity contribution in [3.8, 4) is 0 Å². The first kappa shape index (κ1) is 15.5. The molecular formula is C15H24N2O2. The zero-order valence-electron chi connectivity index (χ0n) is 12.0. The third-order valence-corrected chi connectivity index (χ3v) is 2.68. The predicted molar refractivity (Wildman–Crippen MR) is 77.1 cm³/mol. The van der Waals surface area contributed by atoms with E-state index in [1.807, 2.05) is 39.0 Å². The number of carbonyl (C=O) groups excluding carboxylic acids is 1. The van der Waals surface area contributed by atoms with Crippen LogP contribution in [0.3, 0.4) is 0 Å². The molecule has 0 fully saturated rings. The minimum absolute atomic E-state index is 0.221. The van der Waals surface area contributed by atoms with E-state index in [4.69, 9.17) is 10.5 Å². The highest BCUT2D eigenvalue weighted by Crippen LogP contribution is 2.18. The molecule has 0 aliphatic rings. The van der Waals surface area contributed by atoms with E-state index < -0.39 is 5.60 Å². The van der Waals surface area contributed by atoms with Crippen LogP contribution in [0.4, 0.5) is 4.79 Å². The Balaban J connectivity index is 2.54. The predicted octanol–water partition coefficient (Wildman–Crippen LogP) is 2.64. The number of hydrogen-bond donors (Lipinski definition) is 2. The van der Waals surface area contributed by atoms with Crippen LogP contribution in [0.25, 0.3) is 0 Å². The van der Waals surface area contributed by atoms with E-state index in [1.165, 1.54) is 5.56 Å². The molecular weight excluding hydrogens is 240 g/mol. The van der Waals surface area contributed by atoms with E-state index in [0.717, 1.165) is 6.42 Å². The molecule has 0 radical (unpaired) electrons. The Labute approximate surface area is 115 Å². The summed E-state index contributed by atoms with van der Waals surface area (Å²) in [5, 5.41) is 2.81. The average molecular weight is 264 g/mol. The molecule has 0 aliphatic heterocycles. The van der Waals surface area contributed by atoms with E-state index in [2.05, 4.69) is 17.4 Å². The van der Waals surface area contributed by atoms with Crippen molar-refractivity contribution in [1.82, 2.24) is 5.32 Å². The van der Waals surface area contributed by atoms with Crippen molar-refractivity contribution >= 4 is 6.09 Å². The molecule has 0 aromatic heterocycles. The first-order chi connectivity index (χ1) is 8.92. The van der Waals surface area contributed by atoms with Crippen LogP contribution in [0, 0.1) is 0 Å². The minimum Gasteiger partial charge on any atom is -0.444 e. The second-order valence-corrected chi connectivity index (χ2v) is 5.57. The Bertz CT molecular complexity index is 385. The van der Waals surface area contributed by atoms with E-state index in [-0.39, 0.29) is 12.0 Å². The van der Waals surface area contributed by atoms with Crippen LogP contribution in [0.5, 0.6) is 0 Å². The highest BCUT2D eigenvalue weighted by molar-refractivity contribution is 5.67. The van der Waals surface area contributed by atoms with Gasteiger partial charge in [0.25, 0.3) is 0 Å². The van der Waals surface area contributed by atoms with Crippen molar-refractivity contribution in [3.63, 3.8) is 0 Å². The molecule has 1 amide bonds. The maximum Gasteiger partial charge on any atom is 0.407 e. The summed E-state index contributed by atoms with van der Waals surface area (Å²) in [5.41, 5.74) is 6.34. The number of ether oxygens (including phenoxy) is 1. The minimum atomic E-state index is -0.472. The number of nitrogens with two attached hydrogens (primary N) is 1. The van der Waals surface area contributed by atoms with Crippen molar-refractivity contribution in [2.24, 2.45) is 5.73 Å². The van der Waals surface area contributed by atoms with Crippen LogP contribution in [-0.2, 0) is 4.74 Å². The van der Waals surface area contributed by atoms with Crippen molar-refractivity contribution < 1.29 is 9.53 Å². The van der Waals surface area contributed by atoms with Crippen molar-refractivity contribution in [2.45, 2.75) is 38.7 Å². The maximum absolute atomic E-state index is 11.6. The standard InChI is InChI=1S/C15H24N2O2/c1-15(2,3)19-14(18)17-11-13(9-10-16)12-7-5-4-6-8-12/h4-8,13H,9-11,16H2,1-3H3,(H,17,18). The molecule has 3 N–H and O–H groups in total. The molecule has 1 unspecified atom stereocenters. The lowest BCUT2D eigenvalue weighted by Crippen LogP contribution is -2.35. The summed E-state index contributed by atoms with van der Waals surface area (Å²) in [6.07, 6.45) is 0.449. The number of benzene rings is 1. The molecule has 0 aliphatic carbocycles. The zero-order valence-corrected chi connectivity index (χ0v) is 12.0. The van der Waals surface area contributed by atoms with Gasteiger partial charge in [0, 0.05) is 12.5 Å². The summed E-state index contributed by atoms with van der Waals surface area (Å²) in [5.74, 6) is 0.221. The van der Waals surface area contributed by atoms with Crippen LogP contribution in [0.2, 0.25) is 0 Å². The smallest absolute Gasteiger partial charge is 0.407 e. The second-order valence-electron chi connectivity index (χ2n) is 5.57. The Morgan fingerprint density at radius 3 is 2.47 bits per heavy atom. The van der Waals surface area contributed by atoms with Crippen molar-refractivity contribution in [1.29, 1.82) is 0 Å². The molecule has 1 aromatic rings. The largest absolute Gasteiger partial charge is 0.444 e. The fraction of sp³-hybridized carbons (Fsp3) is 0.533. The highest BCUT2D eigenvalue weighted by Gasteiger charge is 2.17. The zero-order chi connectivity index (χ0) is 14.3. The lowest BCUT2D eigenvalue weighted by molar-refractivity contribution is 0.0524. The highest BCUT2D eigenvalue weighted by atomic mass is 16.6. The molecule has 0 bridgehead atoms. The Morgan fingerprint density at radius 2 is 1.95 bits per heavy atom. The average Bonchev–Trinajstić information content (AvgIpc) is 2.33. The lowest BCUT2D eigenvalue weighted by Gasteiger charge is -2.22. The lowest BCUT2D eigenvalue weighted by atomic mass is 9.96.